The zero-order valence-electron chi connectivity index (χ0n) is 17.4. The summed E-state index contributed by atoms with van der Waals surface area (Å²) in [6.45, 7) is 8.26. The number of aromatic amines is 1. The molecular formula is C22H32N4O2S. The fourth-order valence-electron chi connectivity index (χ4n) is 4.29. The maximum absolute atomic E-state index is 12.7. The Balaban J connectivity index is 1.39. The number of carbonyl (C=O) groups is 1. The molecule has 1 aliphatic carbocycles. The van der Waals surface area contributed by atoms with Gasteiger partial charge < -0.3 is 14.1 Å². The second kappa shape index (κ2) is 9.41. The molecule has 29 heavy (non-hydrogen) atoms. The van der Waals surface area contributed by atoms with Gasteiger partial charge in [0.2, 0.25) is 0 Å². The molecule has 158 valence electrons. The fraction of sp³-hybridized carbons (Fsp3) is 0.591. The number of aromatic nitrogens is 1. The van der Waals surface area contributed by atoms with Crippen LogP contribution in [0.15, 0.2) is 17.9 Å². The molecular weight excluding hydrogens is 384 g/mol. The molecule has 0 saturated carbocycles. The van der Waals surface area contributed by atoms with Crippen molar-refractivity contribution < 1.29 is 8.98 Å². The van der Waals surface area contributed by atoms with Crippen LogP contribution in [0.5, 0.6) is 0 Å². The molecule has 6 nitrogen and oxygen atoms in total. The first-order valence-electron chi connectivity index (χ1n) is 10.8. The molecule has 7 heteroatoms. The molecule has 0 aromatic carbocycles. The van der Waals surface area contributed by atoms with E-state index in [0.29, 0.717) is 24.0 Å². The Labute approximate surface area is 177 Å². The Morgan fingerprint density at radius 2 is 2.00 bits per heavy atom. The summed E-state index contributed by atoms with van der Waals surface area (Å²) in [4.78, 5) is 18.0. The standard InChI is InChI=1S/C22H32N4O2S/c1-16-12-17(2)15-26(23-14-16)29-28-19-7-6-18-13-21(24-20(18)9-8-19)22(27)25-10-4-3-5-11-25/h6,8-9,13,16-17,23-24H,3-5,7,10-12,14-15H2,1-2H3. The SMILES string of the molecule is CC1CNN(SOC2=CC=c3[nH]c(C(=O)N4CCCCC4)cc3=CC2)CC(C)C1. The molecule has 1 amide bonds. The zero-order valence-corrected chi connectivity index (χ0v) is 18.3. The topological polar surface area (TPSA) is 60.6 Å². The Hall–Kier alpha value is -1.70. The Morgan fingerprint density at radius 1 is 1.17 bits per heavy atom. The molecule has 2 fully saturated rings. The third kappa shape index (κ3) is 5.27. The van der Waals surface area contributed by atoms with Gasteiger partial charge in [-0.3, -0.25) is 4.79 Å². The van der Waals surface area contributed by atoms with Gasteiger partial charge in [-0.1, -0.05) is 19.9 Å². The number of nitrogens with zero attached hydrogens (tertiary/aromatic N) is 2. The summed E-state index contributed by atoms with van der Waals surface area (Å²) >= 11 is 1.38. The summed E-state index contributed by atoms with van der Waals surface area (Å²) in [6, 6.07) is 1.98. The van der Waals surface area contributed by atoms with E-state index in [1.54, 1.807) is 0 Å². The minimum Gasteiger partial charge on any atom is -0.413 e. The summed E-state index contributed by atoms with van der Waals surface area (Å²) < 4.78 is 8.11. The molecule has 1 aromatic heterocycles. The van der Waals surface area contributed by atoms with Crippen LogP contribution in [-0.2, 0) is 4.18 Å². The molecule has 2 atom stereocenters. The van der Waals surface area contributed by atoms with E-state index in [1.807, 2.05) is 23.1 Å². The van der Waals surface area contributed by atoms with E-state index in [9.17, 15) is 4.79 Å². The number of likely N-dealkylation sites (tertiary alicyclic amines) is 1. The van der Waals surface area contributed by atoms with E-state index < -0.39 is 0 Å². The summed E-state index contributed by atoms with van der Waals surface area (Å²) in [6.07, 6.45) is 11.5. The van der Waals surface area contributed by atoms with Crippen LogP contribution in [0.25, 0.3) is 12.2 Å². The maximum Gasteiger partial charge on any atom is 0.270 e. The lowest BCUT2D eigenvalue weighted by molar-refractivity contribution is 0.0719. The third-order valence-corrected chi connectivity index (χ3v) is 6.59. The lowest BCUT2D eigenvalue weighted by Gasteiger charge is -2.26. The number of hydrazine groups is 1. The van der Waals surface area contributed by atoms with Crippen molar-refractivity contribution in [2.24, 2.45) is 11.8 Å². The molecule has 2 unspecified atom stereocenters. The van der Waals surface area contributed by atoms with Crippen molar-refractivity contribution in [3.05, 3.63) is 34.2 Å². The molecule has 3 aliphatic rings. The van der Waals surface area contributed by atoms with Crippen molar-refractivity contribution in [2.45, 2.75) is 46.0 Å². The predicted molar refractivity (Wildman–Crippen MR) is 118 cm³/mol. The second-order valence-corrected chi connectivity index (χ2v) is 9.40. The monoisotopic (exact) mass is 416 g/mol. The van der Waals surface area contributed by atoms with Crippen molar-refractivity contribution >= 4 is 30.3 Å². The summed E-state index contributed by atoms with van der Waals surface area (Å²) in [5, 5.41) is 2.05. The largest absolute Gasteiger partial charge is 0.413 e. The average molecular weight is 417 g/mol. The predicted octanol–water partition coefficient (Wildman–Crippen LogP) is 2.55. The Kier molecular flexibility index (Phi) is 6.67. The first-order chi connectivity index (χ1) is 14.1. The van der Waals surface area contributed by atoms with Crippen LogP contribution >= 0.6 is 12.2 Å². The number of allylic oxidation sites excluding steroid dienone is 2. The molecule has 0 bridgehead atoms. The van der Waals surface area contributed by atoms with E-state index in [0.717, 1.165) is 55.3 Å². The van der Waals surface area contributed by atoms with E-state index in [-0.39, 0.29) is 5.91 Å². The molecule has 4 rings (SSSR count). The number of amides is 1. The number of H-pyrrole nitrogens is 1. The van der Waals surface area contributed by atoms with E-state index in [1.165, 1.54) is 25.1 Å². The fourth-order valence-corrected chi connectivity index (χ4v) is 5.04. The third-order valence-electron chi connectivity index (χ3n) is 5.85. The van der Waals surface area contributed by atoms with Crippen LogP contribution in [0.3, 0.4) is 0 Å². The zero-order chi connectivity index (χ0) is 20.2. The van der Waals surface area contributed by atoms with Gasteiger partial charge in [0.25, 0.3) is 5.91 Å². The van der Waals surface area contributed by atoms with Gasteiger partial charge >= 0.3 is 0 Å². The van der Waals surface area contributed by atoms with Gasteiger partial charge in [0, 0.05) is 37.9 Å². The number of hydrogen-bond acceptors (Lipinski definition) is 5. The first-order valence-corrected chi connectivity index (χ1v) is 11.5. The Morgan fingerprint density at radius 3 is 2.83 bits per heavy atom. The van der Waals surface area contributed by atoms with Gasteiger partial charge in [0.1, 0.15) is 11.5 Å². The molecule has 0 spiro atoms. The quantitative estimate of drug-likeness (QED) is 0.584. The van der Waals surface area contributed by atoms with Crippen LogP contribution in [0, 0.1) is 11.8 Å². The number of rotatable bonds is 4. The van der Waals surface area contributed by atoms with Crippen molar-refractivity contribution in [1.82, 2.24) is 19.7 Å². The molecule has 3 heterocycles. The molecule has 1 aromatic rings. The lowest BCUT2D eigenvalue weighted by Crippen LogP contribution is -2.36. The van der Waals surface area contributed by atoms with Gasteiger partial charge in [0.15, 0.2) is 12.2 Å². The highest BCUT2D eigenvalue weighted by atomic mass is 32.2. The summed E-state index contributed by atoms with van der Waals surface area (Å²) in [7, 11) is 0. The van der Waals surface area contributed by atoms with E-state index in [2.05, 4.69) is 34.7 Å². The van der Waals surface area contributed by atoms with Gasteiger partial charge in [-0.2, -0.15) is 4.41 Å². The number of piperidine rings is 1. The molecule has 2 N–H and O–H groups in total. The minimum absolute atomic E-state index is 0.117. The van der Waals surface area contributed by atoms with Crippen LogP contribution in [0.2, 0.25) is 0 Å². The molecule has 2 aliphatic heterocycles. The average Bonchev–Trinajstić information content (AvgIpc) is 2.94. The molecule has 2 saturated heterocycles. The Bertz CT molecular complexity index is 872. The normalized spacial score (nSPS) is 25.7. The van der Waals surface area contributed by atoms with Crippen LogP contribution in [0.1, 0.15) is 56.4 Å². The maximum atomic E-state index is 12.7. The van der Waals surface area contributed by atoms with Crippen molar-refractivity contribution in [3.8, 4) is 0 Å². The number of nitrogens with one attached hydrogen (secondary N) is 2. The smallest absolute Gasteiger partial charge is 0.270 e. The first kappa shape index (κ1) is 20.6. The van der Waals surface area contributed by atoms with Gasteiger partial charge in [-0.15, -0.1) is 0 Å². The summed E-state index contributed by atoms with van der Waals surface area (Å²) in [5.41, 5.74) is 4.14. The highest BCUT2D eigenvalue weighted by Crippen LogP contribution is 2.23. The van der Waals surface area contributed by atoms with Gasteiger partial charge in [-0.25, -0.2) is 5.43 Å². The lowest BCUT2D eigenvalue weighted by atomic mass is 9.99. The molecule has 0 radical (unpaired) electrons. The van der Waals surface area contributed by atoms with Crippen molar-refractivity contribution in [2.75, 3.05) is 26.2 Å². The van der Waals surface area contributed by atoms with Crippen LogP contribution < -0.4 is 16.0 Å². The number of hydrogen-bond donors (Lipinski definition) is 2. The highest BCUT2D eigenvalue weighted by molar-refractivity contribution is 7.92. The van der Waals surface area contributed by atoms with Crippen molar-refractivity contribution in [1.29, 1.82) is 0 Å². The van der Waals surface area contributed by atoms with Gasteiger partial charge in [0.05, 0.1) is 0 Å². The number of carbonyl (C=O) groups excluding carboxylic acids is 1. The number of fused-ring (bicyclic) bond motifs is 1. The minimum atomic E-state index is 0.117. The van der Waals surface area contributed by atoms with Crippen LogP contribution in [0.4, 0.5) is 0 Å². The highest BCUT2D eigenvalue weighted by Gasteiger charge is 2.21. The van der Waals surface area contributed by atoms with Crippen LogP contribution in [-0.4, -0.2) is 46.4 Å². The van der Waals surface area contributed by atoms with Crippen molar-refractivity contribution in [3.63, 3.8) is 0 Å². The van der Waals surface area contributed by atoms with Gasteiger partial charge in [-0.05, 0) is 61.0 Å². The van der Waals surface area contributed by atoms with E-state index >= 15 is 0 Å². The summed E-state index contributed by atoms with van der Waals surface area (Å²) in [5.74, 6) is 2.36. The van der Waals surface area contributed by atoms with E-state index in [4.69, 9.17) is 4.18 Å². The second-order valence-electron chi connectivity index (χ2n) is 8.64.